The van der Waals surface area contributed by atoms with Gasteiger partial charge in [0.15, 0.2) is 0 Å². The van der Waals surface area contributed by atoms with Crippen LogP contribution in [0.4, 0.5) is 11.4 Å². The first-order chi connectivity index (χ1) is 17.4. The Morgan fingerprint density at radius 1 is 0.972 bits per heavy atom. The van der Waals surface area contributed by atoms with Crippen molar-refractivity contribution in [3.8, 4) is 0 Å². The molecular formula is C26H23N5O4S. The van der Waals surface area contributed by atoms with Gasteiger partial charge >= 0.3 is 0 Å². The van der Waals surface area contributed by atoms with E-state index >= 15 is 0 Å². The molecule has 0 unspecified atom stereocenters. The molecule has 2 N–H and O–H groups in total. The minimum atomic E-state index is -4.27. The number of anilines is 2. The fraction of sp³-hybridized carbons (Fsp3) is 0.154. The second-order valence-electron chi connectivity index (χ2n) is 8.31. The second kappa shape index (κ2) is 9.74. The Kier molecular flexibility index (Phi) is 6.34. The van der Waals surface area contributed by atoms with Crippen molar-refractivity contribution in [2.45, 2.75) is 23.8 Å². The summed E-state index contributed by atoms with van der Waals surface area (Å²) in [5.74, 6) is -1.01. The fourth-order valence-corrected chi connectivity index (χ4v) is 6.07. The predicted molar refractivity (Wildman–Crippen MR) is 136 cm³/mol. The van der Waals surface area contributed by atoms with Crippen molar-refractivity contribution in [2.24, 2.45) is 0 Å². The van der Waals surface area contributed by atoms with Crippen LogP contribution in [0.5, 0.6) is 0 Å². The largest absolute Gasteiger partial charge is 0.356 e. The van der Waals surface area contributed by atoms with Crippen molar-refractivity contribution in [3.05, 3.63) is 90.9 Å². The second-order valence-corrected chi connectivity index (χ2v) is 10.1. The van der Waals surface area contributed by atoms with Crippen LogP contribution in [0.25, 0.3) is 10.9 Å². The van der Waals surface area contributed by atoms with Crippen LogP contribution in [0.3, 0.4) is 0 Å². The number of amides is 2. The highest BCUT2D eigenvalue weighted by Gasteiger charge is 2.42. The van der Waals surface area contributed by atoms with Crippen molar-refractivity contribution in [1.82, 2.24) is 15.3 Å². The van der Waals surface area contributed by atoms with E-state index in [0.717, 1.165) is 9.87 Å². The molecule has 1 aliphatic heterocycles. The van der Waals surface area contributed by atoms with E-state index in [-0.39, 0.29) is 11.3 Å². The lowest BCUT2D eigenvalue weighted by atomic mass is 10.1. The maximum atomic E-state index is 14.1. The number of nitrogens with zero attached hydrogens (tertiary/aromatic N) is 3. The third-order valence-corrected chi connectivity index (χ3v) is 7.84. The summed E-state index contributed by atoms with van der Waals surface area (Å²) >= 11 is 0. The van der Waals surface area contributed by atoms with Crippen LogP contribution < -0.4 is 14.9 Å². The normalized spacial score (nSPS) is 15.3. The summed E-state index contributed by atoms with van der Waals surface area (Å²) in [6, 6.07) is 17.4. The molecule has 36 heavy (non-hydrogen) atoms. The molecule has 182 valence electrons. The Balaban J connectivity index is 1.47. The number of hydrogen-bond donors (Lipinski definition) is 2. The zero-order valence-electron chi connectivity index (χ0n) is 19.2. The molecule has 9 nitrogen and oxygen atoms in total. The molecule has 0 bridgehead atoms. The average Bonchev–Trinajstić information content (AvgIpc) is 2.89. The Bertz CT molecular complexity index is 1540. The third kappa shape index (κ3) is 4.50. The number of pyridine rings is 2. The molecule has 0 fully saturated rings. The van der Waals surface area contributed by atoms with E-state index in [1.807, 2.05) is 12.1 Å². The van der Waals surface area contributed by atoms with Crippen LogP contribution in [-0.2, 0) is 26.0 Å². The Hall–Kier alpha value is -4.31. The van der Waals surface area contributed by atoms with Gasteiger partial charge in [0, 0.05) is 30.5 Å². The van der Waals surface area contributed by atoms with E-state index in [1.54, 1.807) is 60.9 Å². The Morgan fingerprint density at radius 3 is 2.58 bits per heavy atom. The molecule has 0 saturated heterocycles. The predicted octanol–water partition coefficient (Wildman–Crippen LogP) is 2.89. The maximum Gasteiger partial charge on any atom is 0.267 e. The number of rotatable bonds is 7. The summed E-state index contributed by atoms with van der Waals surface area (Å²) in [5.41, 5.74) is 1.94. The summed E-state index contributed by atoms with van der Waals surface area (Å²) in [6.07, 6.45) is 5.11. The van der Waals surface area contributed by atoms with Crippen molar-refractivity contribution >= 4 is 44.1 Å². The molecule has 10 heteroatoms. The number of carbonyl (C=O) groups is 2. The van der Waals surface area contributed by atoms with Crippen LogP contribution >= 0.6 is 0 Å². The van der Waals surface area contributed by atoms with Crippen LogP contribution in [0, 0.1) is 0 Å². The smallest absolute Gasteiger partial charge is 0.267 e. The van der Waals surface area contributed by atoms with Gasteiger partial charge in [-0.05, 0) is 48.4 Å². The minimum absolute atomic E-state index is 0.0341. The highest BCUT2D eigenvalue weighted by molar-refractivity contribution is 7.93. The zero-order valence-corrected chi connectivity index (χ0v) is 20.0. The number of hydrogen-bond acceptors (Lipinski definition) is 6. The summed E-state index contributed by atoms with van der Waals surface area (Å²) in [5, 5.41) is 6.18. The highest BCUT2D eigenvalue weighted by atomic mass is 32.2. The highest BCUT2D eigenvalue weighted by Crippen LogP contribution is 2.38. The van der Waals surface area contributed by atoms with E-state index in [4.69, 9.17) is 0 Å². The van der Waals surface area contributed by atoms with Crippen LogP contribution in [0.1, 0.15) is 12.0 Å². The van der Waals surface area contributed by atoms with Gasteiger partial charge in [-0.2, -0.15) is 0 Å². The molecule has 2 aromatic carbocycles. The van der Waals surface area contributed by atoms with Gasteiger partial charge in [-0.1, -0.05) is 30.3 Å². The monoisotopic (exact) mass is 501 g/mol. The molecule has 0 aliphatic carbocycles. The van der Waals surface area contributed by atoms with Crippen molar-refractivity contribution in [3.63, 3.8) is 0 Å². The number of para-hydroxylation sites is 3. The van der Waals surface area contributed by atoms with Gasteiger partial charge in [0.25, 0.3) is 10.0 Å². The molecular weight excluding hydrogens is 478 g/mol. The van der Waals surface area contributed by atoms with Crippen molar-refractivity contribution < 1.29 is 18.0 Å². The van der Waals surface area contributed by atoms with Gasteiger partial charge in [-0.25, -0.2) is 8.42 Å². The Labute approximate surface area is 208 Å². The lowest BCUT2D eigenvalue weighted by molar-refractivity contribution is -0.125. The SMILES string of the molecule is O=C(C[C@@H]1C(=O)Nc2ccccc2N1S(=O)(=O)c1cccc2cccnc12)NCCc1ccncc1. The van der Waals surface area contributed by atoms with Gasteiger partial charge in [0.2, 0.25) is 11.8 Å². The summed E-state index contributed by atoms with van der Waals surface area (Å²) < 4.78 is 29.2. The average molecular weight is 502 g/mol. The van der Waals surface area contributed by atoms with Crippen LogP contribution in [0.2, 0.25) is 0 Å². The molecule has 0 spiro atoms. The van der Waals surface area contributed by atoms with Gasteiger partial charge in [-0.15, -0.1) is 0 Å². The molecule has 0 radical (unpaired) electrons. The summed E-state index contributed by atoms with van der Waals surface area (Å²) in [4.78, 5) is 34.2. The van der Waals surface area contributed by atoms with E-state index < -0.39 is 27.9 Å². The van der Waals surface area contributed by atoms with Crippen molar-refractivity contribution in [1.29, 1.82) is 0 Å². The quantitative estimate of drug-likeness (QED) is 0.402. The lowest BCUT2D eigenvalue weighted by Gasteiger charge is -2.36. The van der Waals surface area contributed by atoms with E-state index in [0.29, 0.717) is 35.2 Å². The molecule has 5 rings (SSSR count). The Morgan fingerprint density at radius 2 is 1.75 bits per heavy atom. The first kappa shape index (κ1) is 23.4. The maximum absolute atomic E-state index is 14.1. The molecule has 2 amide bonds. The van der Waals surface area contributed by atoms with Gasteiger partial charge in [0.05, 0.1) is 23.3 Å². The number of sulfonamides is 1. The number of benzene rings is 2. The first-order valence-electron chi connectivity index (χ1n) is 11.4. The van der Waals surface area contributed by atoms with Gasteiger partial charge in [-0.3, -0.25) is 23.9 Å². The number of carbonyl (C=O) groups excluding carboxylic acids is 2. The molecule has 1 aliphatic rings. The van der Waals surface area contributed by atoms with E-state index in [9.17, 15) is 18.0 Å². The van der Waals surface area contributed by atoms with Gasteiger partial charge < -0.3 is 10.6 Å². The minimum Gasteiger partial charge on any atom is -0.356 e. The zero-order chi connectivity index (χ0) is 25.1. The standard InChI is InChI=1S/C26H23N5O4S/c32-24(28-16-12-18-10-14-27-15-11-18)17-22-26(33)30-20-7-1-2-8-21(20)31(22)36(34,35)23-9-3-5-19-6-4-13-29-25(19)23/h1-11,13-15,22H,12,16-17H2,(H,28,32)(H,30,33)/t22-/m1/s1. The number of nitrogens with one attached hydrogen (secondary N) is 2. The number of fused-ring (bicyclic) bond motifs is 2. The van der Waals surface area contributed by atoms with Gasteiger partial charge in [0.1, 0.15) is 10.9 Å². The van der Waals surface area contributed by atoms with E-state index in [2.05, 4.69) is 20.6 Å². The molecule has 0 saturated carbocycles. The number of aromatic nitrogens is 2. The molecule has 4 aromatic rings. The summed E-state index contributed by atoms with van der Waals surface area (Å²) in [7, 11) is -4.27. The van der Waals surface area contributed by atoms with Crippen LogP contribution in [-0.4, -0.2) is 42.8 Å². The molecule has 1 atom stereocenters. The van der Waals surface area contributed by atoms with Crippen molar-refractivity contribution in [2.75, 3.05) is 16.2 Å². The third-order valence-electron chi connectivity index (χ3n) is 5.98. The molecule has 3 heterocycles. The van der Waals surface area contributed by atoms with Crippen LogP contribution in [0.15, 0.2) is 90.2 Å². The molecule has 2 aromatic heterocycles. The first-order valence-corrected chi connectivity index (χ1v) is 12.8. The summed E-state index contributed by atoms with van der Waals surface area (Å²) in [6.45, 7) is 0.341. The lowest BCUT2D eigenvalue weighted by Crippen LogP contribution is -2.52. The van der Waals surface area contributed by atoms with E-state index in [1.165, 1.54) is 12.3 Å². The topological polar surface area (TPSA) is 121 Å². The fourth-order valence-electron chi connectivity index (χ4n) is 4.27.